The van der Waals surface area contributed by atoms with Crippen LogP contribution in [-0.4, -0.2) is 71.5 Å². The molecule has 182 valence electrons. The standard InChI is InChI=1S/C26H34N4O4/c1-19-7-4-5-9-21(19)34-24-23(27-12-13-28-24)20-8-6-14-30(17-20)25(32)26(2)10-15-29(16-11-26)22(31)18-33-3/h4-5,7,9,12-13,20H,6,8,10-11,14-18H2,1-3H3/t20-/m0/s1. The van der Waals surface area contributed by atoms with Gasteiger partial charge in [-0.2, -0.15) is 0 Å². The van der Waals surface area contributed by atoms with E-state index in [1.54, 1.807) is 17.3 Å². The fraction of sp³-hybridized carbons (Fsp3) is 0.538. The number of hydrogen-bond donors (Lipinski definition) is 0. The minimum Gasteiger partial charge on any atom is -0.437 e. The lowest BCUT2D eigenvalue weighted by Gasteiger charge is -2.43. The normalized spacial score (nSPS) is 20.1. The van der Waals surface area contributed by atoms with Crippen molar-refractivity contribution >= 4 is 11.8 Å². The Morgan fingerprint density at radius 1 is 1.09 bits per heavy atom. The van der Waals surface area contributed by atoms with Gasteiger partial charge in [-0.1, -0.05) is 25.1 Å². The number of benzene rings is 1. The van der Waals surface area contributed by atoms with Crippen molar-refractivity contribution in [3.63, 3.8) is 0 Å². The SMILES string of the molecule is COCC(=O)N1CCC(C)(C(=O)N2CCC[C@H](c3nccnc3Oc3ccccc3C)C2)CC1. The molecule has 0 N–H and O–H groups in total. The molecule has 1 aromatic carbocycles. The summed E-state index contributed by atoms with van der Waals surface area (Å²) in [4.78, 5) is 38.6. The lowest BCUT2D eigenvalue weighted by atomic mass is 9.78. The molecule has 8 heteroatoms. The number of carbonyl (C=O) groups excluding carboxylic acids is 2. The quantitative estimate of drug-likeness (QED) is 0.647. The molecular formula is C26H34N4O4. The van der Waals surface area contributed by atoms with Gasteiger partial charge >= 0.3 is 0 Å². The number of likely N-dealkylation sites (tertiary alicyclic amines) is 2. The molecule has 0 aliphatic carbocycles. The number of piperidine rings is 2. The Morgan fingerprint density at radius 3 is 2.56 bits per heavy atom. The van der Waals surface area contributed by atoms with Crippen molar-refractivity contribution < 1.29 is 19.1 Å². The molecule has 1 atom stereocenters. The van der Waals surface area contributed by atoms with Crippen molar-refractivity contribution in [3.05, 3.63) is 47.9 Å². The number of aromatic nitrogens is 2. The lowest BCUT2D eigenvalue weighted by Crippen LogP contribution is -2.52. The molecule has 8 nitrogen and oxygen atoms in total. The third-order valence-corrected chi connectivity index (χ3v) is 7.09. The predicted molar refractivity (Wildman–Crippen MR) is 128 cm³/mol. The van der Waals surface area contributed by atoms with Gasteiger partial charge in [-0.3, -0.25) is 14.6 Å². The number of ether oxygens (including phenoxy) is 2. The first-order valence-electron chi connectivity index (χ1n) is 12.0. The van der Waals surface area contributed by atoms with E-state index in [2.05, 4.69) is 9.97 Å². The van der Waals surface area contributed by atoms with Crippen LogP contribution in [0.5, 0.6) is 11.6 Å². The topological polar surface area (TPSA) is 84.9 Å². The van der Waals surface area contributed by atoms with Crippen LogP contribution in [0.1, 0.15) is 49.8 Å². The minimum absolute atomic E-state index is 0.0149. The maximum absolute atomic E-state index is 13.6. The van der Waals surface area contributed by atoms with Gasteiger partial charge in [0.25, 0.3) is 0 Å². The first-order valence-corrected chi connectivity index (χ1v) is 12.0. The van der Waals surface area contributed by atoms with Crippen LogP contribution in [0, 0.1) is 12.3 Å². The van der Waals surface area contributed by atoms with Crippen molar-refractivity contribution in [3.8, 4) is 11.6 Å². The molecule has 0 radical (unpaired) electrons. The molecule has 0 bridgehead atoms. The van der Waals surface area contributed by atoms with Crippen LogP contribution in [0.15, 0.2) is 36.7 Å². The molecule has 2 aliphatic rings. The molecule has 0 spiro atoms. The van der Waals surface area contributed by atoms with Crippen molar-refractivity contribution in [1.29, 1.82) is 0 Å². The smallest absolute Gasteiger partial charge is 0.248 e. The Balaban J connectivity index is 1.45. The van der Waals surface area contributed by atoms with Gasteiger partial charge in [-0.15, -0.1) is 0 Å². The summed E-state index contributed by atoms with van der Waals surface area (Å²) in [5, 5.41) is 0. The first-order chi connectivity index (χ1) is 16.4. The van der Waals surface area contributed by atoms with Gasteiger partial charge in [-0.25, -0.2) is 4.98 Å². The van der Waals surface area contributed by atoms with Crippen LogP contribution in [0.25, 0.3) is 0 Å². The second-order valence-electron chi connectivity index (χ2n) is 9.58. The molecule has 2 amide bonds. The Morgan fingerprint density at radius 2 is 1.82 bits per heavy atom. The number of aryl methyl sites for hydroxylation is 1. The van der Waals surface area contributed by atoms with E-state index < -0.39 is 5.41 Å². The van der Waals surface area contributed by atoms with E-state index in [1.807, 2.05) is 43.0 Å². The van der Waals surface area contributed by atoms with Gasteiger partial charge < -0.3 is 19.3 Å². The summed E-state index contributed by atoms with van der Waals surface area (Å²) < 4.78 is 11.1. The van der Waals surface area contributed by atoms with E-state index in [4.69, 9.17) is 9.47 Å². The van der Waals surface area contributed by atoms with Crippen LogP contribution in [0.3, 0.4) is 0 Å². The molecule has 2 saturated heterocycles. The summed E-state index contributed by atoms with van der Waals surface area (Å²) in [5.41, 5.74) is 1.37. The highest BCUT2D eigenvalue weighted by molar-refractivity contribution is 5.83. The number of carbonyl (C=O) groups is 2. The van der Waals surface area contributed by atoms with Gasteiger partial charge in [0, 0.05) is 57.0 Å². The molecule has 0 unspecified atom stereocenters. The van der Waals surface area contributed by atoms with Crippen LogP contribution >= 0.6 is 0 Å². The predicted octanol–water partition coefficient (Wildman–Crippen LogP) is 3.56. The van der Waals surface area contributed by atoms with Crippen LogP contribution in [-0.2, 0) is 14.3 Å². The lowest BCUT2D eigenvalue weighted by molar-refractivity contribution is -0.149. The number of hydrogen-bond acceptors (Lipinski definition) is 6. The highest BCUT2D eigenvalue weighted by atomic mass is 16.5. The Labute approximate surface area is 201 Å². The first kappa shape index (κ1) is 24.1. The number of nitrogens with zero attached hydrogens (tertiary/aromatic N) is 4. The second kappa shape index (κ2) is 10.5. The summed E-state index contributed by atoms with van der Waals surface area (Å²) in [7, 11) is 1.52. The third-order valence-electron chi connectivity index (χ3n) is 7.09. The molecule has 2 aliphatic heterocycles. The molecule has 2 fully saturated rings. The van der Waals surface area contributed by atoms with E-state index in [0.717, 1.165) is 36.4 Å². The van der Waals surface area contributed by atoms with Crippen molar-refractivity contribution in [1.82, 2.24) is 19.8 Å². The van der Waals surface area contributed by atoms with Gasteiger partial charge in [0.1, 0.15) is 18.1 Å². The average Bonchev–Trinajstić information content (AvgIpc) is 2.86. The number of para-hydroxylation sites is 1. The Kier molecular flexibility index (Phi) is 7.46. The minimum atomic E-state index is -0.464. The van der Waals surface area contributed by atoms with Crippen molar-refractivity contribution in [2.75, 3.05) is 39.9 Å². The largest absolute Gasteiger partial charge is 0.437 e. The third kappa shape index (κ3) is 5.22. The van der Waals surface area contributed by atoms with E-state index >= 15 is 0 Å². The number of methoxy groups -OCH3 is 1. The molecule has 3 heterocycles. The average molecular weight is 467 g/mol. The summed E-state index contributed by atoms with van der Waals surface area (Å²) >= 11 is 0. The summed E-state index contributed by atoms with van der Waals surface area (Å²) in [6.45, 7) is 6.63. The van der Waals surface area contributed by atoms with Crippen molar-refractivity contribution in [2.24, 2.45) is 5.41 Å². The Bertz CT molecular complexity index is 1020. The molecule has 34 heavy (non-hydrogen) atoms. The zero-order valence-electron chi connectivity index (χ0n) is 20.3. The van der Waals surface area contributed by atoms with Gasteiger partial charge in [0.05, 0.1) is 0 Å². The maximum Gasteiger partial charge on any atom is 0.248 e. The zero-order chi connectivity index (χ0) is 24.1. The van der Waals surface area contributed by atoms with Gasteiger partial charge in [0.2, 0.25) is 17.7 Å². The zero-order valence-corrected chi connectivity index (χ0v) is 20.3. The van der Waals surface area contributed by atoms with E-state index in [0.29, 0.717) is 38.4 Å². The monoisotopic (exact) mass is 466 g/mol. The maximum atomic E-state index is 13.6. The Hall–Kier alpha value is -3.00. The molecule has 4 rings (SSSR count). The van der Waals surface area contributed by atoms with Gasteiger partial charge in [-0.05, 0) is 44.2 Å². The van der Waals surface area contributed by atoms with Crippen molar-refractivity contribution in [2.45, 2.75) is 45.4 Å². The molecular weight excluding hydrogens is 432 g/mol. The fourth-order valence-electron chi connectivity index (χ4n) is 4.91. The van der Waals surface area contributed by atoms with Crippen LogP contribution in [0.2, 0.25) is 0 Å². The summed E-state index contributed by atoms with van der Waals surface area (Å²) in [6.07, 6.45) is 6.50. The summed E-state index contributed by atoms with van der Waals surface area (Å²) in [6, 6.07) is 7.84. The number of amides is 2. The molecule has 2 aromatic rings. The number of rotatable bonds is 6. The second-order valence-corrected chi connectivity index (χ2v) is 9.58. The van der Waals surface area contributed by atoms with Crippen LogP contribution in [0.4, 0.5) is 0 Å². The summed E-state index contributed by atoms with van der Waals surface area (Å²) in [5.74, 6) is 1.49. The van der Waals surface area contributed by atoms with Gasteiger partial charge in [0.15, 0.2) is 0 Å². The van der Waals surface area contributed by atoms with E-state index in [9.17, 15) is 9.59 Å². The highest BCUT2D eigenvalue weighted by Gasteiger charge is 2.42. The highest BCUT2D eigenvalue weighted by Crippen LogP contribution is 2.37. The van der Waals surface area contributed by atoms with E-state index in [-0.39, 0.29) is 24.3 Å². The van der Waals surface area contributed by atoms with Crippen LogP contribution < -0.4 is 4.74 Å². The fourth-order valence-corrected chi connectivity index (χ4v) is 4.91. The molecule has 1 aromatic heterocycles. The van der Waals surface area contributed by atoms with E-state index in [1.165, 1.54) is 7.11 Å². The molecule has 0 saturated carbocycles.